The van der Waals surface area contributed by atoms with E-state index in [1.54, 1.807) is 6.07 Å². The van der Waals surface area contributed by atoms with Gasteiger partial charge in [0.15, 0.2) is 0 Å². The SMILES string of the molecule is C[C@H](NC(=O)Cn1nnn(-c2cccs2)c1=O)[C@H]1CCCO1. The highest BCUT2D eigenvalue weighted by molar-refractivity contribution is 7.12. The van der Waals surface area contributed by atoms with Crippen LogP contribution in [0.4, 0.5) is 0 Å². The van der Waals surface area contributed by atoms with Crippen LogP contribution in [-0.2, 0) is 16.1 Å². The maximum absolute atomic E-state index is 12.1. The number of ether oxygens (including phenoxy) is 1. The first-order valence-corrected chi connectivity index (χ1v) is 8.01. The van der Waals surface area contributed by atoms with Crippen molar-refractivity contribution in [1.82, 2.24) is 25.1 Å². The molecule has 0 unspecified atom stereocenters. The van der Waals surface area contributed by atoms with Crippen LogP contribution in [-0.4, -0.2) is 44.5 Å². The van der Waals surface area contributed by atoms with E-state index in [4.69, 9.17) is 4.74 Å². The Morgan fingerprint density at radius 2 is 2.45 bits per heavy atom. The van der Waals surface area contributed by atoms with Crippen molar-refractivity contribution >= 4 is 17.2 Å². The number of nitrogens with one attached hydrogen (secondary N) is 1. The van der Waals surface area contributed by atoms with Crippen molar-refractivity contribution in [1.29, 1.82) is 0 Å². The number of hydrogen-bond donors (Lipinski definition) is 1. The molecule has 1 aliphatic rings. The lowest BCUT2D eigenvalue weighted by Gasteiger charge is -2.19. The highest BCUT2D eigenvalue weighted by Crippen LogP contribution is 2.15. The number of amides is 1. The van der Waals surface area contributed by atoms with Crippen LogP contribution >= 0.6 is 11.3 Å². The van der Waals surface area contributed by atoms with Gasteiger partial charge in [0.1, 0.15) is 11.5 Å². The molecule has 1 N–H and O–H groups in total. The van der Waals surface area contributed by atoms with Gasteiger partial charge in [-0.15, -0.1) is 11.3 Å². The van der Waals surface area contributed by atoms with Gasteiger partial charge >= 0.3 is 5.69 Å². The van der Waals surface area contributed by atoms with Gasteiger partial charge in [-0.25, -0.2) is 4.79 Å². The largest absolute Gasteiger partial charge is 0.376 e. The third kappa shape index (κ3) is 3.09. The molecule has 9 heteroatoms. The van der Waals surface area contributed by atoms with Crippen molar-refractivity contribution in [2.45, 2.75) is 38.5 Å². The predicted molar refractivity (Wildman–Crippen MR) is 80.1 cm³/mol. The first-order valence-electron chi connectivity index (χ1n) is 7.13. The standard InChI is InChI=1S/C13H17N5O3S/c1-9(10-4-2-6-21-10)14-11(19)8-17-13(20)18(16-15-17)12-5-3-7-22-12/h3,5,7,9-10H,2,4,6,8H2,1H3,(H,14,19)/t9-,10+/m0/s1. The van der Waals surface area contributed by atoms with Gasteiger partial charge in [0, 0.05) is 6.61 Å². The van der Waals surface area contributed by atoms with Gasteiger partial charge in [-0.05, 0) is 47.7 Å². The summed E-state index contributed by atoms with van der Waals surface area (Å²) in [4.78, 5) is 24.2. The van der Waals surface area contributed by atoms with Crippen LogP contribution in [0.5, 0.6) is 0 Å². The van der Waals surface area contributed by atoms with E-state index in [0.29, 0.717) is 5.00 Å². The summed E-state index contributed by atoms with van der Waals surface area (Å²) in [5.41, 5.74) is -0.428. The molecule has 1 amide bonds. The summed E-state index contributed by atoms with van der Waals surface area (Å²) in [6.07, 6.45) is 2.00. The van der Waals surface area contributed by atoms with E-state index >= 15 is 0 Å². The Morgan fingerprint density at radius 3 is 3.14 bits per heavy atom. The second-order valence-corrected chi connectivity index (χ2v) is 6.12. The molecule has 0 saturated carbocycles. The molecule has 0 aliphatic carbocycles. The minimum Gasteiger partial charge on any atom is -0.376 e. The summed E-state index contributed by atoms with van der Waals surface area (Å²) >= 11 is 1.38. The molecule has 0 aromatic carbocycles. The van der Waals surface area contributed by atoms with Gasteiger partial charge in [0.05, 0.1) is 12.1 Å². The monoisotopic (exact) mass is 323 g/mol. The summed E-state index contributed by atoms with van der Waals surface area (Å²) in [5.74, 6) is -0.275. The van der Waals surface area contributed by atoms with Gasteiger partial charge < -0.3 is 10.1 Å². The maximum atomic E-state index is 12.1. The van der Waals surface area contributed by atoms with Crippen LogP contribution in [0.2, 0.25) is 0 Å². The molecular weight excluding hydrogens is 306 g/mol. The van der Waals surface area contributed by atoms with Crippen molar-refractivity contribution in [3.63, 3.8) is 0 Å². The molecule has 2 atom stereocenters. The number of tetrazole rings is 1. The van der Waals surface area contributed by atoms with Gasteiger partial charge in [-0.2, -0.15) is 9.36 Å². The summed E-state index contributed by atoms with van der Waals surface area (Å²) in [7, 11) is 0. The smallest absolute Gasteiger partial charge is 0.369 e. The molecule has 118 valence electrons. The zero-order chi connectivity index (χ0) is 15.5. The van der Waals surface area contributed by atoms with Gasteiger partial charge in [-0.1, -0.05) is 0 Å². The zero-order valence-electron chi connectivity index (χ0n) is 12.1. The van der Waals surface area contributed by atoms with Gasteiger partial charge in [0.25, 0.3) is 0 Å². The molecular formula is C13H17N5O3S. The molecule has 1 saturated heterocycles. The molecule has 2 aromatic rings. The molecule has 8 nitrogen and oxygen atoms in total. The summed E-state index contributed by atoms with van der Waals surface area (Å²) in [6, 6.07) is 3.50. The van der Waals surface area contributed by atoms with Crippen molar-refractivity contribution in [2.75, 3.05) is 6.61 Å². The molecule has 1 fully saturated rings. The first-order chi connectivity index (χ1) is 10.6. The predicted octanol–water partition coefficient (Wildman–Crippen LogP) is 0.174. The Labute approximate surface area is 130 Å². The van der Waals surface area contributed by atoms with E-state index in [1.807, 2.05) is 18.4 Å². The number of nitrogens with zero attached hydrogens (tertiary/aromatic N) is 4. The second-order valence-electron chi connectivity index (χ2n) is 5.19. The second kappa shape index (κ2) is 6.41. The Bertz CT molecular complexity index is 687. The molecule has 0 bridgehead atoms. The van der Waals surface area contributed by atoms with Crippen LogP contribution in [0.15, 0.2) is 22.3 Å². The third-order valence-corrected chi connectivity index (χ3v) is 4.40. The summed E-state index contributed by atoms with van der Waals surface area (Å²) in [5, 5.41) is 12.9. The van der Waals surface area contributed by atoms with Gasteiger partial charge in [0.2, 0.25) is 5.91 Å². The number of thiophene rings is 1. The Balaban J connectivity index is 1.63. The van der Waals surface area contributed by atoms with Crippen LogP contribution in [0.1, 0.15) is 19.8 Å². The van der Waals surface area contributed by atoms with Gasteiger partial charge in [-0.3, -0.25) is 4.79 Å². The number of rotatable bonds is 5. The third-order valence-electron chi connectivity index (χ3n) is 3.56. The normalized spacial score (nSPS) is 19.2. The first kappa shape index (κ1) is 14.9. The summed E-state index contributed by atoms with van der Waals surface area (Å²) in [6.45, 7) is 2.49. The van der Waals surface area contributed by atoms with Crippen molar-refractivity contribution < 1.29 is 9.53 Å². The highest BCUT2D eigenvalue weighted by atomic mass is 32.1. The number of aromatic nitrogens is 4. The lowest BCUT2D eigenvalue weighted by atomic mass is 10.1. The van der Waals surface area contributed by atoms with E-state index in [0.717, 1.165) is 24.1 Å². The maximum Gasteiger partial charge on any atom is 0.369 e. The fourth-order valence-corrected chi connectivity index (χ4v) is 3.10. The minimum absolute atomic E-state index is 0.0440. The molecule has 3 heterocycles. The molecule has 1 aliphatic heterocycles. The lowest BCUT2D eigenvalue weighted by molar-refractivity contribution is -0.123. The Kier molecular flexibility index (Phi) is 4.34. The van der Waals surface area contributed by atoms with Crippen molar-refractivity contribution in [3.8, 4) is 5.00 Å². The highest BCUT2D eigenvalue weighted by Gasteiger charge is 2.24. The average Bonchev–Trinajstić information content (AvgIpc) is 3.21. The fraction of sp³-hybridized carbons (Fsp3) is 0.538. The number of carbonyl (C=O) groups is 1. The average molecular weight is 323 g/mol. The van der Waals surface area contributed by atoms with E-state index < -0.39 is 5.69 Å². The molecule has 0 radical (unpaired) electrons. The van der Waals surface area contributed by atoms with Crippen molar-refractivity contribution in [2.24, 2.45) is 0 Å². The molecule has 3 rings (SSSR count). The van der Waals surface area contributed by atoms with E-state index in [1.165, 1.54) is 16.0 Å². The molecule has 2 aromatic heterocycles. The molecule has 22 heavy (non-hydrogen) atoms. The van der Waals surface area contributed by atoms with E-state index in [2.05, 4.69) is 15.7 Å². The number of carbonyl (C=O) groups excluding carboxylic acids is 1. The van der Waals surface area contributed by atoms with Crippen LogP contribution in [0, 0.1) is 0 Å². The van der Waals surface area contributed by atoms with Crippen molar-refractivity contribution in [3.05, 3.63) is 28.0 Å². The van der Waals surface area contributed by atoms with Crippen LogP contribution < -0.4 is 11.0 Å². The fourth-order valence-electron chi connectivity index (χ4n) is 2.43. The minimum atomic E-state index is -0.428. The van der Waals surface area contributed by atoms with Crippen LogP contribution in [0.25, 0.3) is 5.00 Å². The topological polar surface area (TPSA) is 91.0 Å². The number of hydrogen-bond acceptors (Lipinski definition) is 6. The lowest BCUT2D eigenvalue weighted by Crippen LogP contribution is -2.43. The van der Waals surface area contributed by atoms with E-state index in [-0.39, 0.29) is 24.6 Å². The molecule has 0 spiro atoms. The van der Waals surface area contributed by atoms with Crippen LogP contribution in [0.3, 0.4) is 0 Å². The van der Waals surface area contributed by atoms with E-state index in [9.17, 15) is 9.59 Å². The zero-order valence-corrected chi connectivity index (χ0v) is 13.0. The Morgan fingerprint density at radius 1 is 1.59 bits per heavy atom. The quantitative estimate of drug-likeness (QED) is 0.847. The Hall–Kier alpha value is -2.00. The summed E-state index contributed by atoms with van der Waals surface area (Å²) < 4.78 is 7.76.